The highest BCUT2D eigenvalue weighted by molar-refractivity contribution is 5.90. The summed E-state index contributed by atoms with van der Waals surface area (Å²) < 4.78 is 0. The number of piperazine rings is 1. The number of aromatic nitrogens is 4. The summed E-state index contributed by atoms with van der Waals surface area (Å²) in [6.45, 7) is 7.11. The summed E-state index contributed by atoms with van der Waals surface area (Å²) in [5.41, 5.74) is 3.04. The molecule has 1 saturated carbocycles. The minimum absolute atomic E-state index is 0.285. The molecule has 9 nitrogen and oxygen atoms in total. The lowest BCUT2D eigenvalue weighted by molar-refractivity contribution is 0.233. The molecular formula is C24H30N8O. The molecule has 1 aromatic carbocycles. The normalized spacial score (nSPS) is 20.3. The summed E-state index contributed by atoms with van der Waals surface area (Å²) in [4.78, 5) is 26.8. The van der Waals surface area contributed by atoms with Gasteiger partial charge in [0.15, 0.2) is 0 Å². The number of H-pyrrole nitrogens is 1. The molecule has 3 aliphatic rings. The molecular weight excluding hydrogens is 416 g/mol. The zero-order valence-corrected chi connectivity index (χ0v) is 18.8. The van der Waals surface area contributed by atoms with Gasteiger partial charge >= 0.3 is 0 Å². The Balaban J connectivity index is 1.25. The van der Waals surface area contributed by atoms with Crippen molar-refractivity contribution in [3.05, 3.63) is 46.4 Å². The molecule has 0 atom stereocenters. The van der Waals surface area contributed by atoms with Crippen LogP contribution in [0.5, 0.6) is 0 Å². The summed E-state index contributed by atoms with van der Waals surface area (Å²) >= 11 is 0. The number of nitrogens with zero attached hydrogens (tertiary/aromatic N) is 5. The van der Waals surface area contributed by atoms with Crippen LogP contribution in [0.1, 0.15) is 31.2 Å². The Morgan fingerprint density at radius 1 is 0.970 bits per heavy atom. The quantitative estimate of drug-likeness (QED) is 0.549. The molecule has 33 heavy (non-hydrogen) atoms. The maximum atomic E-state index is 12.6. The van der Waals surface area contributed by atoms with Crippen LogP contribution < -0.4 is 21.1 Å². The van der Waals surface area contributed by atoms with Crippen molar-refractivity contribution in [1.29, 1.82) is 0 Å². The molecule has 9 heteroatoms. The van der Waals surface area contributed by atoms with Gasteiger partial charge in [-0.2, -0.15) is 10.1 Å². The zero-order valence-electron chi connectivity index (χ0n) is 18.8. The molecule has 3 aromatic rings. The molecule has 0 unspecified atom stereocenters. The van der Waals surface area contributed by atoms with Gasteiger partial charge in [0.25, 0.3) is 5.56 Å². The third-order valence-corrected chi connectivity index (χ3v) is 7.40. The number of hydrogen-bond donors (Lipinski definition) is 3. The largest absolute Gasteiger partial charge is 0.341 e. The number of hydrogen-bond acceptors (Lipinski definition) is 8. The summed E-state index contributed by atoms with van der Waals surface area (Å²) in [6.07, 6.45) is 6.71. The molecule has 3 fully saturated rings. The molecule has 0 bridgehead atoms. The first-order valence-electron chi connectivity index (χ1n) is 12.0. The minimum atomic E-state index is -0.285. The fourth-order valence-corrected chi connectivity index (χ4v) is 5.04. The standard InChI is InChI=1S/C24H30N8O/c33-22-20-19(15-26-30-22)28-23(32-11-7-24(5-6-24)8-12-32)29-21(20)27-18-3-1-17(2-4-18)16-31-13-9-25-10-14-31/h1-4,15,25H,5-14,16H2,(H,30,33)(H,27,28,29). The number of piperidine rings is 1. The first kappa shape index (κ1) is 20.6. The number of anilines is 3. The van der Waals surface area contributed by atoms with Gasteiger partial charge in [-0.05, 0) is 48.8 Å². The number of fused-ring (bicyclic) bond motifs is 1. The predicted molar refractivity (Wildman–Crippen MR) is 129 cm³/mol. The lowest BCUT2D eigenvalue weighted by Gasteiger charge is -2.32. The second kappa shape index (κ2) is 8.39. The summed E-state index contributed by atoms with van der Waals surface area (Å²) in [5, 5.41) is 13.7. The van der Waals surface area contributed by atoms with Crippen LogP contribution in [0, 0.1) is 5.41 Å². The summed E-state index contributed by atoms with van der Waals surface area (Å²) in [5.74, 6) is 1.20. The van der Waals surface area contributed by atoms with Gasteiger partial charge < -0.3 is 15.5 Å². The average molecular weight is 447 g/mol. The van der Waals surface area contributed by atoms with Crippen LogP contribution in [-0.2, 0) is 6.54 Å². The van der Waals surface area contributed by atoms with E-state index in [0.717, 1.165) is 51.5 Å². The van der Waals surface area contributed by atoms with E-state index in [1.54, 1.807) is 6.20 Å². The van der Waals surface area contributed by atoms with Gasteiger partial charge in [-0.3, -0.25) is 9.69 Å². The van der Waals surface area contributed by atoms with Crippen molar-refractivity contribution in [3.63, 3.8) is 0 Å². The Bertz CT molecular complexity index is 1190. The maximum Gasteiger partial charge on any atom is 0.277 e. The van der Waals surface area contributed by atoms with Crippen molar-refractivity contribution in [1.82, 2.24) is 30.4 Å². The van der Waals surface area contributed by atoms with E-state index in [1.165, 1.54) is 31.2 Å². The van der Waals surface area contributed by atoms with Crippen molar-refractivity contribution < 1.29 is 0 Å². The fourth-order valence-electron chi connectivity index (χ4n) is 5.04. The fraction of sp³-hybridized carbons (Fsp3) is 0.500. The Hall–Kier alpha value is -3.04. The van der Waals surface area contributed by atoms with Gasteiger partial charge in [-0.25, -0.2) is 10.1 Å². The topological polar surface area (TPSA) is 102 Å². The lowest BCUT2D eigenvalue weighted by atomic mass is 9.94. The highest BCUT2D eigenvalue weighted by Gasteiger charge is 2.44. The molecule has 6 rings (SSSR count). The van der Waals surface area contributed by atoms with Gasteiger partial charge in [0.05, 0.1) is 6.20 Å². The third kappa shape index (κ3) is 4.30. The molecule has 0 amide bonds. The van der Waals surface area contributed by atoms with Crippen LogP contribution in [0.2, 0.25) is 0 Å². The first-order valence-corrected chi connectivity index (χ1v) is 12.0. The van der Waals surface area contributed by atoms with E-state index in [4.69, 9.17) is 9.97 Å². The molecule has 4 heterocycles. The second-order valence-corrected chi connectivity index (χ2v) is 9.67. The molecule has 172 valence electrons. The molecule has 0 radical (unpaired) electrons. The molecule has 2 aromatic heterocycles. The maximum absolute atomic E-state index is 12.6. The van der Waals surface area contributed by atoms with Crippen LogP contribution in [-0.4, -0.2) is 64.3 Å². The minimum Gasteiger partial charge on any atom is -0.341 e. The smallest absolute Gasteiger partial charge is 0.277 e. The van der Waals surface area contributed by atoms with Crippen LogP contribution in [0.15, 0.2) is 35.3 Å². The summed E-state index contributed by atoms with van der Waals surface area (Å²) in [7, 11) is 0. The van der Waals surface area contributed by atoms with Crippen LogP contribution in [0.25, 0.3) is 10.9 Å². The predicted octanol–water partition coefficient (Wildman–Crippen LogP) is 2.24. The number of nitrogens with one attached hydrogen (secondary N) is 3. The number of aromatic amines is 1. The Morgan fingerprint density at radius 2 is 1.73 bits per heavy atom. The van der Waals surface area contributed by atoms with Crippen molar-refractivity contribution in [2.24, 2.45) is 5.41 Å². The Kier molecular flexibility index (Phi) is 5.22. The highest BCUT2D eigenvalue weighted by atomic mass is 16.1. The van der Waals surface area contributed by atoms with Crippen molar-refractivity contribution in [3.8, 4) is 0 Å². The van der Waals surface area contributed by atoms with E-state index in [9.17, 15) is 4.79 Å². The van der Waals surface area contributed by atoms with Crippen LogP contribution >= 0.6 is 0 Å². The number of rotatable bonds is 5. The van der Waals surface area contributed by atoms with Gasteiger partial charge in [-0.1, -0.05) is 12.1 Å². The van der Waals surface area contributed by atoms with Crippen LogP contribution in [0.4, 0.5) is 17.5 Å². The van der Waals surface area contributed by atoms with E-state index in [0.29, 0.717) is 28.1 Å². The molecule has 1 spiro atoms. The van der Waals surface area contributed by atoms with Crippen molar-refractivity contribution in [2.75, 3.05) is 49.5 Å². The Morgan fingerprint density at radius 3 is 2.45 bits per heavy atom. The van der Waals surface area contributed by atoms with Gasteiger partial charge in [-0.15, -0.1) is 0 Å². The third-order valence-electron chi connectivity index (χ3n) is 7.40. The second-order valence-electron chi connectivity index (χ2n) is 9.67. The zero-order chi connectivity index (χ0) is 22.3. The van der Waals surface area contributed by atoms with Crippen molar-refractivity contribution >= 4 is 28.4 Å². The highest BCUT2D eigenvalue weighted by Crippen LogP contribution is 2.53. The molecule has 2 aliphatic heterocycles. The van der Waals surface area contributed by atoms with Crippen molar-refractivity contribution in [2.45, 2.75) is 32.2 Å². The number of benzene rings is 1. The van der Waals surface area contributed by atoms with E-state index >= 15 is 0 Å². The van der Waals surface area contributed by atoms with Gasteiger partial charge in [0, 0.05) is 51.5 Å². The van der Waals surface area contributed by atoms with Gasteiger partial charge in [0.1, 0.15) is 16.7 Å². The lowest BCUT2D eigenvalue weighted by Crippen LogP contribution is -2.42. The summed E-state index contributed by atoms with van der Waals surface area (Å²) in [6, 6.07) is 8.39. The monoisotopic (exact) mass is 446 g/mol. The SMILES string of the molecule is O=c1[nH]ncc2nc(N3CCC4(CC3)CC4)nc(Nc3ccc(CN4CCNCC4)cc3)c12. The Labute approximate surface area is 192 Å². The average Bonchev–Trinajstić information content (AvgIpc) is 3.60. The molecule has 3 N–H and O–H groups in total. The van der Waals surface area contributed by atoms with Crippen LogP contribution in [0.3, 0.4) is 0 Å². The first-order chi connectivity index (χ1) is 16.2. The molecule has 1 aliphatic carbocycles. The molecule has 2 saturated heterocycles. The van der Waals surface area contributed by atoms with E-state index in [1.807, 2.05) is 0 Å². The van der Waals surface area contributed by atoms with E-state index in [-0.39, 0.29) is 5.56 Å². The van der Waals surface area contributed by atoms with E-state index in [2.05, 4.69) is 54.9 Å². The van der Waals surface area contributed by atoms with Gasteiger partial charge in [0.2, 0.25) is 5.95 Å². The van der Waals surface area contributed by atoms with E-state index < -0.39 is 0 Å².